The minimum atomic E-state index is -1.59. The number of nitrogens with one attached hydrogen (secondary N) is 1. The molecule has 0 spiro atoms. The van der Waals surface area contributed by atoms with Crippen LogP contribution in [0.25, 0.3) is 0 Å². The predicted molar refractivity (Wildman–Crippen MR) is 93.5 cm³/mol. The first-order valence-electron chi connectivity index (χ1n) is 7.32. The summed E-state index contributed by atoms with van der Waals surface area (Å²) in [6.07, 6.45) is 0. The summed E-state index contributed by atoms with van der Waals surface area (Å²) in [5, 5.41) is 12.9. The van der Waals surface area contributed by atoms with Crippen LogP contribution in [0.1, 0.15) is 22.8 Å². The van der Waals surface area contributed by atoms with Gasteiger partial charge in [0.25, 0.3) is 11.7 Å². The third-order valence-corrected chi connectivity index (χ3v) is 4.72. The van der Waals surface area contributed by atoms with E-state index in [1.165, 1.54) is 6.92 Å². The molecule has 0 saturated heterocycles. The number of hydrogen-bond acceptors (Lipinski definition) is 4. The van der Waals surface area contributed by atoms with Crippen molar-refractivity contribution in [2.45, 2.75) is 12.5 Å². The Morgan fingerprint density at radius 1 is 1.12 bits per heavy atom. The van der Waals surface area contributed by atoms with E-state index in [2.05, 4.69) is 5.32 Å². The lowest BCUT2D eigenvalue weighted by Gasteiger charge is -2.25. The van der Waals surface area contributed by atoms with Crippen molar-refractivity contribution >= 4 is 34.9 Å². The molecule has 0 bridgehead atoms. The first-order chi connectivity index (χ1) is 11.8. The van der Waals surface area contributed by atoms with Gasteiger partial charge in [-0.05, 0) is 25.1 Å². The molecule has 1 aliphatic rings. The van der Waals surface area contributed by atoms with Crippen LogP contribution in [-0.2, 0) is 15.1 Å². The van der Waals surface area contributed by atoms with E-state index in [-0.39, 0.29) is 15.9 Å². The van der Waals surface area contributed by atoms with Crippen molar-refractivity contribution < 1.29 is 19.4 Å². The highest BCUT2D eigenvalue weighted by molar-refractivity contribution is 6.42. The van der Waals surface area contributed by atoms with Gasteiger partial charge in [-0.25, -0.2) is 0 Å². The van der Waals surface area contributed by atoms with Crippen molar-refractivity contribution in [1.29, 1.82) is 0 Å². The second-order valence-electron chi connectivity index (χ2n) is 5.56. The zero-order valence-corrected chi connectivity index (χ0v) is 14.6. The summed E-state index contributed by atoms with van der Waals surface area (Å²) in [5.74, 6) is -2.24. The van der Waals surface area contributed by atoms with E-state index in [4.69, 9.17) is 27.9 Å². The number of rotatable bonds is 3. The average Bonchev–Trinajstić information content (AvgIpc) is 2.83. The highest BCUT2D eigenvalue weighted by Gasteiger charge is 2.49. The molecule has 0 fully saturated rings. The molecule has 7 heteroatoms. The minimum Gasteiger partial charge on any atom is -0.501 e. The Morgan fingerprint density at radius 3 is 2.48 bits per heavy atom. The van der Waals surface area contributed by atoms with Gasteiger partial charge in [-0.3, -0.25) is 14.9 Å². The number of halogens is 2. The maximum absolute atomic E-state index is 12.5. The number of carbonyl (C=O) groups excluding carboxylic acids is 2. The molecule has 2 aromatic rings. The van der Waals surface area contributed by atoms with E-state index in [0.29, 0.717) is 11.1 Å². The lowest BCUT2D eigenvalue weighted by Crippen LogP contribution is -2.32. The summed E-state index contributed by atoms with van der Waals surface area (Å²) in [7, 11) is 0. The SMILES string of the molecule is CC1(c2cccc(Cl)c2Cl)OC(NC(=O)c2ccccc2)=C(O)C1=O. The Labute approximate surface area is 153 Å². The molecular weight excluding hydrogens is 365 g/mol. The molecule has 1 aliphatic heterocycles. The number of Topliss-reactive ketones (excluding diaryl/α,β-unsaturated/α-hetero) is 1. The number of carbonyl (C=O) groups is 2. The molecule has 2 N–H and O–H groups in total. The fraction of sp³-hybridized carbons (Fsp3) is 0.111. The van der Waals surface area contributed by atoms with Gasteiger partial charge >= 0.3 is 0 Å². The maximum atomic E-state index is 12.5. The van der Waals surface area contributed by atoms with Crippen LogP contribution in [0.3, 0.4) is 0 Å². The van der Waals surface area contributed by atoms with E-state index in [1.807, 2.05) is 0 Å². The number of hydrogen-bond donors (Lipinski definition) is 2. The van der Waals surface area contributed by atoms with E-state index in [0.717, 1.165) is 0 Å². The van der Waals surface area contributed by atoms with Gasteiger partial charge in [0.05, 0.1) is 10.0 Å². The third kappa shape index (κ3) is 2.97. The maximum Gasteiger partial charge on any atom is 0.258 e. The Balaban J connectivity index is 1.90. The fourth-order valence-corrected chi connectivity index (χ4v) is 3.01. The van der Waals surface area contributed by atoms with Crippen LogP contribution < -0.4 is 5.32 Å². The molecule has 0 aliphatic carbocycles. The molecule has 0 saturated carbocycles. The molecule has 1 unspecified atom stereocenters. The van der Waals surface area contributed by atoms with E-state index in [9.17, 15) is 14.7 Å². The number of ketones is 1. The summed E-state index contributed by atoms with van der Waals surface area (Å²) < 4.78 is 5.59. The molecule has 128 valence electrons. The molecule has 25 heavy (non-hydrogen) atoms. The highest BCUT2D eigenvalue weighted by atomic mass is 35.5. The van der Waals surface area contributed by atoms with Crippen molar-refractivity contribution in [1.82, 2.24) is 5.32 Å². The van der Waals surface area contributed by atoms with Gasteiger partial charge in [0.2, 0.25) is 17.2 Å². The van der Waals surface area contributed by atoms with Crippen LogP contribution in [0.15, 0.2) is 60.2 Å². The van der Waals surface area contributed by atoms with Crippen LogP contribution in [0.2, 0.25) is 10.0 Å². The average molecular weight is 378 g/mol. The van der Waals surface area contributed by atoms with Gasteiger partial charge in [0.1, 0.15) is 0 Å². The van der Waals surface area contributed by atoms with E-state index < -0.39 is 23.1 Å². The number of aliphatic hydroxyl groups excluding tert-OH is 1. The smallest absolute Gasteiger partial charge is 0.258 e. The van der Waals surface area contributed by atoms with Crippen LogP contribution >= 0.6 is 23.2 Å². The second kappa shape index (κ2) is 6.43. The zero-order chi connectivity index (χ0) is 18.2. The Morgan fingerprint density at radius 2 is 1.80 bits per heavy atom. The normalized spacial score (nSPS) is 19.7. The molecule has 5 nitrogen and oxygen atoms in total. The van der Waals surface area contributed by atoms with Crippen molar-refractivity contribution in [3.8, 4) is 0 Å². The first kappa shape index (κ1) is 17.3. The van der Waals surface area contributed by atoms with Crippen LogP contribution in [0.4, 0.5) is 0 Å². The Bertz CT molecular complexity index is 895. The van der Waals surface area contributed by atoms with Crippen LogP contribution in [-0.4, -0.2) is 16.8 Å². The fourth-order valence-electron chi connectivity index (χ4n) is 2.53. The summed E-state index contributed by atoms with van der Waals surface area (Å²) >= 11 is 12.2. The largest absolute Gasteiger partial charge is 0.501 e. The van der Waals surface area contributed by atoms with Crippen molar-refractivity contribution in [3.05, 3.63) is 81.3 Å². The molecule has 1 atom stereocenters. The quantitative estimate of drug-likeness (QED) is 0.848. The number of aliphatic hydroxyl groups is 1. The number of benzene rings is 2. The molecule has 3 rings (SSSR count). The van der Waals surface area contributed by atoms with Crippen molar-refractivity contribution in [2.24, 2.45) is 0 Å². The summed E-state index contributed by atoms with van der Waals surface area (Å²) in [5.41, 5.74) is -0.943. The molecular formula is C18H13Cl2NO4. The first-order valence-corrected chi connectivity index (χ1v) is 8.08. The van der Waals surface area contributed by atoms with Gasteiger partial charge in [0, 0.05) is 11.1 Å². The monoisotopic (exact) mass is 377 g/mol. The summed E-state index contributed by atoms with van der Waals surface area (Å²) in [4.78, 5) is 24.8. The molecule has 0 aromatic heterocycles. The van der Waals surface area contributed by atoms with E-state index in [1.54, 1.807) is 48.5 Å². The molecule has 0 radical (unpaired) electrons. The van der Waals surface area contributed by atoms with Gasteiger partial charge in [0.15, 0.2) is 0 Å². The minimum absolute atomic E-state index is 0.142. The van der Waals surface area contributed by atoms with Crippen LogP contribution in [0, 0.1) is 0 Å². The predicted octanol–water partition coefficient (Wildman–Crippen LogP) is 3.97. The van der Waals surface area contributed by atoms with Crippen molar-refractivity contribution in [2.75, 3.05) is 0 Å². The topological polar surface area (TPSA) is 75.6 Å². The molecule has 2 aromatic carbocycles. The van der Waals surface area contributed by atoms with Gasteiger partial charge in [-0.2, -0.15) is 0 Å². The Hall–Kier alpha value is -2.50. The van der Waals surface area contributed by atoms with Gasteiger partial charge < -0.3 is 9.84 Å². The zero-order valence-electron chi connectivity index (χ0n) is 13.0. The van der Waals surface area contributed by atoms with Crippen molar-refractivity contribution in [3.63, 3.8) is 0 Å². The van der Waals surface area contributed by atoms with Gasteiger partial charge in [-0.15, -0.1) is 0 Å². The van der Waals surface area contributed by atoms with Gasteiger partial charge in [-0.1, -0.05) is 53.5 Å². The standard InChI is InChI=1S/C18H13Cl2NO4/c1-18(11-8-5-9-12(19)13(11)20)15(23)14(22)17(25-18)21-16(24)10-6-3-2-4-7-10/h2-9,22H,1H3,(H,21,24). The highest BCUT2D eigenvalue weighted by Crippen LogP contribution is 2.42. The summed E-state index contributed by atoms with van der Waals surface area (Å²) in [6.45, 7) is 1.45. The number of ether oxygens (including phenoxy) is 1. The van der Waals surface area contributed by atoms with Crippen LogP contribution in [0.5, 0.6) is 0 Å². The number of amides is 1. The Kier molecular flexibility index (Phi) is 4.45. The molecule has 1 heterocycles. The third-order valence-electron chi connectivity index (χ3n) is 3.90. The lowest BCUT2D eigenvalue weighted by molar-refractivity contribution is -0.131. The summed E-state index contributed by atoms with van der Waals surface area (Å²) in [6, 6.07) is 13.1. The van der Waals surface area contributed by atoms with E-state index >= 15 is 0 Å². The molecule has 1 amide bonds. The second-order valence-corrected chi connectivity index (χ2v) is 6.35. The lowest BCUT2D eigenvalue weighted by atomic mass is 9.91.